The van der Waals surface area contributed by atoms with Crippen LogP contribution in [0.5, 0.6) is 0 Å². The van der Waals surface area contributed by atoms with Crippen LogP contribution < -0.4 is 0 Å². The van der Waals surface area contributed by atoms with Gasteiger partial charge in [0.05, 0.1) is 0 Å². The third-order valence-corrected chi connectivity index (χ3v) is 2.56. The molecule has 0 amide bonds. The van der Waals surface area contributed by atoms with Gasteiger partial charge < -0.3 is 0 Å². The van der Waals surface area contributed by atoms with Crippen molar-refractivity contribution in [2.75, 3.05) is 0 Å². The van der Waals surface area contributed by atoms with Crippen molar-refractivity contribution in [3.63, 3.8) is 0 Å². The molecule has 0 N–H and O–H groups in total. The molecule has 0 saturated carbocycles. The second-order valence-electron chi connectivity index (χ2n) is 4.54. The standard InChI is InChI=1S/C13H25B/c1-7-12(11(4)5)13(14-6)9-8-10(2)3/h9-10,14H,7-8H2,1-6H3/b13-9+. The van der Waals surface area contributed by atoms with Crippen LogP contribution in [0.3, 0.4) is 0 Å². The van der Waals surface area contributed by atoms with Crippen LogP contribution in [0.15, 0.2) is 22.7 Å². The topological polar surface area (TPSA) is 0 Å². The average molecular weight is 192 g/mol. The van der Waals surface area contributed by atoms with Crippen LogP contribution in [0, 0.1) is 5.92 Å². The largest absolute Gasteiger partial charge is 0.154 e. The summed E-state index contributed by atoms with van der Waals surface area (Å²) >= 11 is 0. The molecule has 0 nitrogen and oxygen atoms in total. The van der Waals surface area contributed by atoms with Gasteiger partial charge in [0.15, 0.2) is 7.28 Å². The van der Waals surface area contributed by atoms with Crippen LogP contribution in [0.2, 0.25) is 6.82 Å². The predicted molar refractivity (Wildman–Crippen MR) is 69.2 cm³/mol. The molecule has 0 aromatic carbocycles. The summed E-state index contributed by atoms with van der Waals surface area (Å²) in [5, 5.41) is 0. The van der Waals surface area contributed by atoms with E-state index in [0.29, 0.717) is 0 Å². The number of rotatable bonds is 5. The van der Waals surface area contributed by atoms with E-state index in [1.807, 2.05) is 0 Å². The van der Waals surface area contributed by atoms with Crippen molar-refractivity contribution in [3.05, 3.63) is 22.7 Å². The summed E-state index contributed by atoms with van der Waals surface area (Å²) in [6.45, 7) is 13.5. The lowest BCUT2D eigenvalue weighted by Gasteiger charge is -2.11. The highest BCUT2D eigenvalue weighted by Gasteiger charge is 2.03. The summed E-state index contributed by atoms with van der Waals surface area (Å²) < 4.78 is 0. The molecular weight excluding hydrogens is 167 g/mol. The van der Waals surface area contributed by atoms with Gasteiger partial charge in [0.1, 0.15) is 0 Å². The van der Waals surface area contributed by atoms with Gasteiger partial charge in [-0.15, -0.1) is 0 Å². The van der Waals surface area contributed by atoms with E-state index < -0.39 is 0 Å². The van der Waals surface area contributed by atoms with Gasteiger partial charge >= 0.3 is 0 Å². The molecule has 0 saturated heterocycles. The Morgan fingerprint density at radius 3 is 2.14 bits per heavy atom. The first-order valence-corrected chi connectivity index (χ1v) is 5.88. The normalized spacial score (nSPS) is 11.8. The third kappa shape index (κ3) is 4.69. The van der Waals surface area contributed by atoms with Gasteiger partial charge in [-0.1, -0.05) is 50.3 Å². The summed E-state index contributed by atoms with van der Waals surface area (Å²) in [7, 11) is 1.17. The van der Waals surface area contributed by atoms with Gasteiger partial charge in [-0.2, -0.15) is 0 Å². The maximum Gasteiger partial charge on any atom is 0.154 e. The highest BCUT2D eigenvalue weighted by atomic mass is 14.0. The Hall–Kier alpha value is -0.455. The Bertz CT molecular complexity index is 217. The molecule has 0 radical (unpaired) electrons. The summed E-state index contributed by atoms with van der Waals surface area (Å²) in [5.74, 6) is 0.770. The molecule has 1 heteroatoms. The smallest absolute Gasteiger partial charge is 0.0900 e. The summed E-state index contributed by atoms with van der Waals surface area (Å²) in [5.41, 5.74) is 4.60. The zero-order valence-corrected chi connectivity index (χ0v) is 10.8. The molecule has 0 atom stereocenters. The fourth-order valence-corrected chi connectivity index (χ4v) is 1.76. The second-order valence-corrected chi connectivity index (χ2v) is 4.54. The molecule has 0 unspecified atom stereocenters. The lowest BCUT2D eigenvalue weighted by molar-refractivity contribution is 0.662. The molecule has 0 aliphatic rings. The highest BCUT2D eigenvalue weighted by Crippen LogP contribution is 2.19. The number of allylic oxidation sites excluding steroid dienone is 4. The molecule has 0 fully saturated rings. The van der Waals surface area contributed by atoms with Crippen LogP contribution in [-0.2, 0) is 0 Å². The van der Waals surface area contributed by atoms with E-state index in [1.165, 1.54) is 25.7 Å². The summed E-state index contributed by atoms with van der Waals surface area (Å²) in [4.78, 5) is 0. The minimum atomic E-state index is 0.770. The molecule has 0 aliphatic heterocycles. The molecule has 0 bridgehead atoms. The van der Waals surface area contributed by atoms with Crippen molar-refractivity contribution >= 4 is 7.28 Å². The van der Waals surface area contributed by atoms with Gasteiger partial charge in [0.2, 0.25) is 0 Å². The van der Waals surface area contributed by atoms with E-state index in [-0.39, 0.29) is 0 Å². The van der Waals surface area contributed by atoms with Crippen LogP contribution in [0.4, 0.5) is 0 Å². The van der Waals surface area contributed by atoms with Crippen LogP contribution >= 0.6 is 0 Å². The monoisotopic (exact) mass is 192 g/mol. The van der Waals surface area contributed by atoms with E-state index in [1.54, 1.807) is 11.0 Å². The molecule has 14 heavy (non-hydrogen) atoms. The van der Waals surface area contributed by atoms with Crippen molar-refractivity contribution in [2.45, 2.75) is 54.3 Å². The lowest BCUT2D eigenvalue weighted by Crippen LogP contribution is -1.99. The first-order valence-electron chi connectivity index (χ1n) is 5.88. The van der Waals surface area contributed by atoms with Crippen molar-refractivity contribution in [3.8, 4) is 0 Å². The molecule has 0 aromatic rings. The first-order chi connectivity index (χ1) is 6.52. The second kappa shape index (κ2) is 6.92. The van der Waals surface area contributed by atoms with Gasteiger partial charge in [-0.3, -0.25) is 0 Å². The minimum Gasteiger partial charge on any atom is -0.0900 e. The Kier molecular flexibility index (Phi) is 6.69. The maximum absolute atomic E-state index is 2.43. The zero-order chi connectivity index (χ0) is 11.1. The van der Waals surface area contributed by atoms with Crippen LogP contribution in [0.25, 0.3) is 0 Å². The maximum atomic E-state index is 2.43. The van der Waals surface area contributed by atoms with Crippen molar-refractivity contribution in [1.29, 1.82) is 0 Å². The molecule has 80 valence electrons. The van der Waals surface area contributed by atoms with Crippen molar-refractivity contribution in [1.82, 2.24) is 0 Å². The van der Waals surface area contributed by atoms with E-state index >= 15 is 0 Å². The van der Waals surface area contributed by atoms with Gasteiger partial charge in [-0.05, 0) is 32.6 Å². The molecule has 0 aromatic heterocycles. The lowest BCUT2D eigenvalue weighted by atomic mass is 9.67. The number of hydrogen-bond donors (Lipinski definition) is 0. The van der Waals surface area contributed by atoms with Gasteiger partial charge in [-0.25, -0.2) is 0 Å². The van der Waals surface area contributed by atoms with E-state index in [0.717, 1.165) is 5.92 Å². The first kappa shape index (κ1) is 13.5. The fourth-order valence-electron chi connectivity index (χ4n) is 1.76. The van der Waals surface area contributed by atoms with Gasteiger partial charge in [0, 0.05) is 0 Å². The fraction of sp³-hybridized carbons (Fsp3) is 0.692. The predicted octanol–water partition coefficient (Wildman–Crippen LogP) is 4.15. The quantitative estimate of drug-likeness (QED) is 0.453. The van der Waals surface area contributed by atoms with E-state index in [4.69, 9.17) is 0 Å². The summed E-state index contributed by atoms with van der Waals surface area (Å²) in [6.07, 6.45) is 4.80. The van der Waals surface area contributed by atoms with Crippen molar-refractivity contribution in [2.24, 2.45) is 5.92 Å². The molecule has 0 heterocycles. The van der Waals surface area contributed by atoms with Crippen LogP contribution in [-0.4, -0.2) is 7.28 Å². The Morgan fingerprint density at radius 2 is 1.86 bits per heavy atom. The molecule has 0 aliphatic carbocycles. The summed E-state index contributed by atoms with van der Waals surface area (Å²) in [6, 6.07) is 0. The Morgan fingerprint density at radius 1 is 1.29 bits per heavy atom. The Balaban J connectivity index is 4.70. The highest BCUT2D eigenvalue weighted by molar-refractivity contribution is 6.45. The number of hydrogen-bond acceptors (Lipinski definition) is 0. The van der Waals surface area contributed by atoms with Crippen LogP contribution in [0.1, 0.15) is 47.5 Å². The minimum absolute atomic E-state index is 0.770. The zero-order valence-electron chi connectivity index (χ0n) is 10.8. The Labute approximate surface area is 90.7 Å². The van der Waals surface area contributed by atoms with Crippen molar-refractivity contribution < 1.29 is 0 Å². The van der Waals surface area contributed by atoms with E-state index in [2.05, 4.69) is 47.5 Å². The average Bonchev–Trinajstić information content (AvgIpc) is 2.10. The molecule has 0 rings (SSSR count). The van der Waals surface area contributed by atoms with E-state index in [9.17, 15) is 0 Å². The molecular formula is C13H25B. The van der Waals surface area contributed by atoms with Gasteiger partial charge in [0.25, 0.3) is 0 Å². The third-order valence-electron chi connectivity index (χ3n) is 2.56. The SMILES string of the molecule is CB/C(=C/CC(C)C)C(CC)=C(C)C. The molecule has 0 spiro atoms.